The van der Waals surface area contributed by atoms with Gasteiger partial charge in [0, 0.05) is 21.7 Å². The summed E-state index contributed by atoms with van der Waals surface area (Å²) in [5, 5.41) is 11.6. The van der Waals surface area contributed by atoms with Crippen LogP contribution in [0.15, 0.2) is 47.5 Å². The maximum absolute atomic E-state index is 13.9. The fourth-order valence-corrected chi connectivity index (χ4v) is 3.91. The van der Waals surface area contributed by atoms with Gasteiger partial charge in [-0.1, -0.05) is 12.1 Å². The van der Waals surface area contributed by atoms with Crippen LogP contribution in [0.3, 0.4) is 0 Å². The molecule has 0 bridgehead atoms. The van der Waals surface area contributed by atoms with Gasteiger partial charge in [0.15, 0.2) is 0 Å². The second-order valence-corrected chi connectivity index (χ2v) is 6.27. The molecule has 2 aromatic carbocycles. The number of anilines is 1. The molecule has 5 heteroatoms. The van der Waals surface area contributed by atoms with E-state index < -0.39 is 0 Å². The summed E-state index contributed by atoms with van der Waals surface area (Å²) in [5.41, 5.74) is 3.11. The van der Waals surface area contributed by atoms with Crippen molar-refractivity contribution < 1.29 is 4.39 Å². The fraction of sp³-hybridized carbons (Fsp3) is 0.188. The number of hydrogen-bond acceptors (Lipinski definition) is 3. The van der Waals surface area contributed by atoms with Gasteiger partial charge in [-0.25, -0.2) is 4.39 Å². The Kier molecular flexibility index (Phi) is 3.07. The summed E-state index contributed by atoms with van der Waals surface area (Å²) in [4.78, 5) is 0.783. The molecule has 0 saturated carbocycles. The van der Waals surface area contributed by atoms with Gasteiger partial charge in [0.25, 0.3) is 0 Å². The van der Waals surface area contributed by atoms with Gasteiger partial charge in [0.05, 0.1) is 17.8 Å². The van der Waals surface area contributed by atoms with Crippen molar-refractivity contribution in [2.75, 3.05) is 11.1 Å². The van der Waals surface area contributed by atoms with Crippen LogP contribution < -0.4 is 5.32 Å². The van der Waals surface area contributed by atoms with Crippen molar-refractivity contribution in [3.05, 3.63) is 54.0 Å². The molecule has 1 unspecified atom stereocenters. The summed E-state index contributed by atoms with van der Waals surface area (Å²) in [6.07, 6.45) is 2.80. The van der Waals surface area contributed by atoms with Gasteiger partial charge in [-0.15, -0.1) is 11.8 Å². The van der Waals surface area contributed by atoms with Crippen LogP contribution >= 0.6 is 11.8 Å². The average Bonchev–Trinajstić information content (AvgIpc) is 2.96. The summed E-state index contributed by atoms with van der Waals surface area (Å²) in [6.45, 7) is 0. The SMILES string of the molecule is Fc1cccc2c1SCCC2Nc1ccc2[nH]ncc2c1. The van der Waals surface area contributed by atoms with E-state index >= 15 is 0 Å². The Morgan fingerprint density at radius 1 is 1.29 bits per heavy atom. The van der Waals surface area contributed by atoms with Crippen LogP contribution in [0, 0.1) is 5.82 Å². The highest BCUT2D eigenvalue weighted by molar-refractivity contribution is 7.99. The van der Waals surface area contributed by atoms with Crippen LogP contribution in [0.2, 0.25) is 0 Å². The molecule has 0 saturated heterocycles. The van der Waals surface area contributed by atoms with Crippen molar-refractivity contribution in [2.24, 2.45) is 0 Å². The van der Waals surface area contributed by atoms with Crippen molar-refractivity contribution >= 4 is 28.4 Å². The average molecular weight is 299 g/mol. The van der Waals surface area contributed by atoms with Gasteiger partial charge in [0.2, 0.25) is 0 Å². The lowest BCUT2D eigenvalue weighted by Crippen LogP contribution is -2.16. The molecule has 21 heavy (non-hydrogen) atoms. The van der Waals surface area contributed by atoms with E-state index in [1.807, 2.05) is 24.4 Å². The van der Waals surface area contributed by atoms with Crippen molar-refractivity contribution in [2.45, 2.75) is 17.4 Å². The monoisotopic (exact) mass is 299 g/mol. The van der Waals surface area contributed by atoms with Crippen LogP contribution in [-0.2, 0) is 0 Å². The standard InChI is InChI=1S/C16H14FN3S/c17-13-3-1-2-12-15(6-7-21-16(12)13)19-11-4-5-14-10(8-11)9-18-20-14/h1-5,8-9,15,19H,6-7H2,(H,18,20). The number of fused-ring (bicyclic) bond motifs is 2. The quantitative estimate of drug-likeness (QED) is 0.739. The number of aromatic nitrogens is 2. The topological polar surface area (TPSA) is 40.7 Å². The summed E-state index contributed by atoms with van der Waals surface area (Å²) in [5.74, 6) is 0.814. The Bertz CT molecular complexity index is 799. The minimum Gasteiger partial charge on any atom is -0.378 e. The Morgan fingerprint density at radius 3 is 3.19 bits per heavy atom. The predicted molar refractivity (Wildman–Crippen MR) is 84.2 cm³/mol. The van der Waals surface area contributed by atoms with Crippen LogP contribution in [0.4, 0.5) is 10.1 Å². The first-order valence-electron chi connectivity index (χ1n) is 6.92. The molecule has 3 aromatic rings. The molecule has 106 valence electrons. The summed E-state index contributed by atoms with van der Waals surface area (Å²) in [6, 6.07) is 11.6. The molecule has 1 aliphatic rings. The van der Waals surface area contributed by atoms with Crippen molar-refractivity contribution in [3.8, 4) is 0 Å². The normalized spacial score (nSPS) is 17.7. The van der Waals surface area contributed by atoms with E-state index in [0.29, 0.717) is 0 Å². The maximum atomic E-state index is 13.9. The van der Waals surface area contributed by atoms with Gasteiger partial charge >= 0.3 is 0 Å². The molecule has 1 aromatic heterocycles. The van der Waals surface area contributed by atoms with Gasteiger partial charge in [-0.05, 0) is 36.2 Å². The summed E-state index contributed by atoms with van der Waals surface area (Å²) in [7, 11) is 0. The molecule has 1 aliphatic heterocycles. The zero-order chi connectivity index (χ0) is 14.2. The molecule has 1 atom stereocenters. The predicted octanol–water partition coefficient (Wildman–Crippen LogP) is 4.35. The van der Waals surface area contributed by atoms with Crippen molar-refractivity contribution in [1.29, 1.82) is 0 Å². The second kappa shape index (κ2) is 5.07. The molecule has 2 heterocycles. The molecule has 0 amide bonds. The zero-order valence-electron chi connectivity index (χ0n) is 11.3. The van der Waals surface area contributed by atoms with E-state index in [1.54, 1.807) is 17.8 Å². The number of nitrogens with zero attached hydrogens (tertiary/aromatic N) is 1. The third-order valence-electron chi connectivity index (χ3n) is 3.81. The van der Waals surface area contributed by atoms with Crippen LogP contribution in [-0.4, -0.2) is 16.0 Å². The molecule has 3 nitrogen and oxygen atoms in total. The lowest BCUT2D eigenvalue weighted by molar-refractivity contribution is 0.585. The number of rotatable bonds is 2. The lowest BCUT2D eigenvalue weighted by Gasteiger charge is -2.27. The number of thioether (sulfide) groups is 1. The highest BCUT2D eigenvalue weighted by Crippen LogP contribution is 2.39. The Balaban J connectivity index is 1.67. The summed E-state index contributed by atoms with van der Waals surface area (Å²) >= 11 is 1.60. The van der Waals surface area contributed by atoms with Crippen LogP contribution in [0.25, 0.3) is 10.9 Å². The van der Waals surface area contributed by atoms with E-state index in [2.05, 4.69) is 21.6 Å². The Labute approximate surface area is 125 Å². The first-order chi connectivity index (χ1) is 10.3. The van der Waals surface area contributed by atoms with E-state index in [0.717, 1.165) is 39.2 Å². The number of halogens is 1. The summed E-state index contributed by atoms with van der Waals surface area (Å²) < 4.78 is 13.9. The zero-order valence-corrected chi connectivity index (χ0v) is 12.1. The van der Waals surface area contributed by atoms with Gasteiger partial charge in [0.1, 0.15) is 5.82 Å². The fourth-order valence-electron chi connectivity index (χ4n) is 2.77. The number of H-pyrrole nitrogens is 1. The van der Waals surface area contributed by atoms with E-state index in [-0.39, 0.29) is 11.9 Å². The largest absolute Gasteiger partial charge is 0.378 e. The highest BCUT2D eigenvalue weighted by Gasteiger charge is 2.22. The first kappa shape index (κ1) is 12.7. The number of aromatic amines is 1. The van der Waals surface area contributed by atoms with Crippen LogP contribution in [0.5, 0.6) is 0 Å². The minimum absolute atomic E-state index is 0.116. The molecule has 4 rings (SSSR count). The van der Waals surface area contributed by atoms with E-state index in [1.165, 1.54) is 6.07 Å². The molecule has 0 fully saturated rings. The molecule has 0 radical (unpaired) electrons. The van der Waals surface area contributed by atoms with Gasteiger partial charge in [-0.2, -0.15) is 5.10 Å². The molecular formula is C16H14FN3S. The van der Waals surface area contributed by atoms with Crippen LogP contribution in [0.1, 0.15) is 18.0 Å². The van der Waals surface area contributed by atoms with Crippen molar-refractivity contribution in [1.82, 2.24) is 10.2 Å². The minimum atomic E-state index is -0.116. The number of nitrogens with one attached hydrogen (secondary N) is 2. The third kappa shape index (κ3) is 2.27. The smallest absolute Gasteiger partial charge is 0.137 e. The Morgan fingerprint density at radius 2 is 2.24 bits per heavy atom. The van der Waals surface area contributed by atoms with Gasteiger partial charge in [-0.3, -0.25) is 5.10 Å². The molecule has 2 N–H and O–H groups in total. The highest BCUT2D eigenvalue weighted by atomic mass is 32.2. The van der Waals surface area contributed by atoms with E-state index in [9.17, 15) is 4.39 Å². The van der Waals surface area contributed by atoms with Gasteiger partial charge < -0.3 is 5.32 Å². The molecule has 0 aliphatic carbocycles. The Hall–Kier alpha value is -2.01. The third-order valence-corrected chi connectivity index (χ3v) is 4.97. The van der Waals surface area contributed by atoms with E-state index in [4.69, 9.17) is 0 Å². The lowest BCUT2D eigenvalue weighted by atomic mass is 10.0. The number of benzene rings is 2. The molecular weight excluding hydrogens is 285 g/mol. The second-order valence-electron chi connectivity index (χ2n) is 5.16. The van der Waals surface area contributed by atoms with Crippen molar-refractivity contribution in [3.63, 3.8) is 0 Å². The first-order valence-corrected chi connectivity index (χ1v) is 7.91. The molecule has 0 spiro atoms. The number of hydrogen-bond donors (Lipinski definition) is 2. The maximum Gasteiger partial charge on any atom is 0.137 e.